The Morgan fingerprint density at radius 2 is 1.38 bits per heavy atom. The Labute approximate surface area is 153 Å². The van der Waals surface area contributed by atoms with Crippen LogP contribution >= 0.6 is 0 Å². The summed E-state index contributed by atoms with van der Waals surface area (Å²) < 4.78 is 0. The number of carbonyl (C=O) groups is 2. The van der Waals surface area contributed by atoms with Crippen LogP contribution in [0.15, 0.2) is 48.5 Å². The number of nitrogens with one attached hydrogen (secondary N) is 1. The topological polar surface area (TPSA) is 89.9 Å². The van der Waals surface area contributed by atoms with Gasteiger partial charge >= 0.3 is 0 Å². The van der Waals surface area contributed by atoms with E-state index in [1.54, 1.807) is 0 Å². The molecular formula is C20H24N2O4. The molecule has 0 heterocycles. The van der Waals surface area contributed by atoms with E-state index in [2.05, 4.69) is 12.3 Å². The lowest BCUT2D eigenvalue weighted by molar-refractivity contribution is 0.0579. The predicted octanol–water partition coefficient (Wildman–Crippen LogP) is 3.47. The van der Waals surface area contributed by atoms with Crippen molar-refractivity contribution in [2.75, 3.05) is 6.54 Å². The third-order valence-electron chi connectivity index (χ3n) is 3.96. The van der Waals surface area contributed by atoms with Gasteiger partial charge in [-0.15, -0.1) is 0 Å². The molecule has 0 aliphatic rings. The molecule has 0 aliphatic heterocycles. The van der Waals surface area contributed by atoms with Crippen molar-refractivity contribution in [2.24, 2.45) is 0 Å². The van der Waals surface area contributed by atoms with Gasteiger partial charge in [0, 0.05) is 17.7 Å². The molecule has 0 aliphatic carbocycles. The fraction of sp³-hybridized carbons (Fsp3) is 0.300. The number of hydrogen-bond acceptors (Lipinski definition) is 4. The second-order valence-corrected chi connectivity index (χ2v) is 6.05. The van der Waals surface area contributed by atoms with Crippen molar-refractivity contribution in [3.05, 3.63) is 59.7 Å². The molecule has 0 fully saturated rings. The number of hydrogen-bond donors (Lipinski definition) is 3. The first-order valence-electron chi connectivity index (χ1n) is 8.72. The van der Waals surface area contributed by atoms with Crippen molar-refractivity contribution in [3.63, 3.8) is 0 Å². The summed E-state index contributed by atoms with van der Waals surface area (Å²) in [5.41, 5.74) is 3.37. The van der Waals surface area contributed by atoms with Crippen LogP contribution in [0.3, 0.4) is 0 Å². The molecule has 138 valence electrons. The third-order valence-corrected chi connectivity index (χ3v) is 3.96. The maximum Gasteiger partial charge on any atom is 0.272 e. The van der Waals surface area contributed by atoms with Crippen LogP contribution in [0.4, 0.5) is 0 Å². The fourth-order valence-corrected chi connectivity index (χ4v) is 2.46. The van der Waals surface area contributed by atoms with E-state index >= 15 is 0 Å². The van der Waals surface area contributed by atoms with Gasteiger partial charge in [0.25, 0.3) is 11.8 Å². The number of phenolic OH excluding ortho intramolecular Hbond substituents is 2. The summed E-state index contributed by atoms with van der Waals surface area (Å²) >= 11 is 0. The van der Waals surface area contributed by atoms with Gasteiger partial charge in [-0.2, -0.15) is 0 Å². The molecule has 0 spiro atoms. The van der Waals surface area contributed by atoms with Crippen molar-refractivity contribution >= 4 is 11.8 Å². The number of phenols is 2. The summed E-state index contributed by atoms with van der Waals surface area (Å²) in [4.78, 5) is 25.1. The molecular weight excluding hydrogens is 332 g/mol. The summed E-state index contributed by atoms with van der Waals surface area (Å²) in [5.74, 6) is -0.622. The molecule has 0 unspecified atom stereocenters. The van der Waals surface area contributed by atoms with Crippen LogP contribution in [0, 0.1) is 0 Å². The van der Waals surface area contributed by atoms with Crippen LogP contribution in [0.2, 0.25) is 0 Å². The fourth-order valence-electron chi connectivity index (χ4n) is 2.46. The first-order chi connectivity index (χ1) is 12.5. The Bertz CT molecular complexity index is 726. The molecule has 2 amide bonds. The SMILES string of the molecule is CCCCCCN(NC(=O)c1ccc(O)cc1)C(=O)c1ccc(O)cc1. The monoisotopic (exact) mass is 356 g/mol. The number of nitrogens with zero attached hydrogens (tertiary/aromatic N) is 1. The average Bonchev–Trinajstić information content (AvgIpc) is 2.64. The lowest BCUT2D eigenvalue weighted by Gasteiger charge is -2.23. The van der Waals surface area contributed by atoms with Crippen LogP contribution in [0.5, 0.6) is 11.5 Å². The Morgan fingerprint density at radius 3 is 1.92 bits per heavy atom. The van der Waals surface area contributed by atoms with Gasteiger partial charge in [0.1, 0.15) is 11.5 Å². The highest BCUT2D eigenvalue weighted by molar-refractivity contribution is 5.99. The van der Waals surface area contributed by atoms with Crippen molar-refractivity contribution in [3.8, 4) is 11.5 Å². The van der Waals surface area contributed by atoms with Crippen LogP contribution in [-0.2, 0) is 0 Å². The molecule has 2 aromatic carbocycles. The number of unbranched alkanes of at least 4 members (excludes halogenated alkanes) is 3. The number of carbonyl (C=O) groups excluding carboxylic acids is 2. The van der Waals surface area contributed by atoms with E-state index in [0.29, 0.717) is 17.7 Å². The standard InChI is InChI=1S/C20H24N2O4/c1-2-3-4-5-14-22(20(26)16-8-12-18(24)13-9-16)21-19(25)15-6-10-17(23)11-7-15/h6-13,23-24H,2-5,14H2,1H3,(H,21,25). The molecule has 26 heavy (non-hydrogen) atoms. The minimum Gasteiger partial charge on any atom is -0.508 e. The Morgan fingerprint density at radius 1 is 0.846 bits per heavy atom. The number of aromatic hydroxyl groups is 2. The summed E-state index contributed by atoms with van der Waals surface area (Å²) in [7, 11) is 0. The van der Waals surface area contributed by atoms with Gasteiger partial charge in [0.15, 0.2) is 0 Å². The van der Waals surface area contributed by atoms with Gasteiger partial charge in [0.2, 0.25) is 0 Å². The zero-order valence-electron chi connectivity index (χ0n) is 14.8. The first kappa shape index (κ1) is 19.3. The Kier molecular flexibility index (Phi) is 7.02. The summed E-state index contributed by atoms with van der Waals surface area (Å²) in [6.45, 7) is 2.50. The highest BCUT2D eigenvalue weighted by Gasteiger charge is 2.19. The van der Waals surface area contributed by atoms with E-state index in [1.165, 1.54) is 53.5 Å². The average molecular weight is 356 g/mol. The van der Waals surface area contributed by atoms with E-state index in [4.69, 9.17) is 0 Å². The van der Waals surface area contributed by atoms with Crippen molar-refractivity contribution in [1.29, 1.82) is 0 Å². The molecule has 0 radical (unpaired) electrons. The Balaban J connectivity index is 2.11. The minimum absolute atomic E-state index is 0.0677. The van der Waals surface area contributed by atoms with Crippen LogP contribution in [0.25, 0.3) is 0 Å². The maximum absolute atomic E-state index is 12.7. The van der Waals surface area contributed by atoms with E-state index in [0.717, 1.165) is 25.7 Å². The second kappa shape index (κ2) is 9.46. The number of rotatable bonds is 7. The molecule has 6 heteroatoms. The van der Waals surface area contributed by atoms with Gasteiger partial charge in [-0.1, -0.05) is 26.2 Å². The molecule has 0 saturated carbocycles. The van der Waals surface area contributed by atoms with Gasteiger partial charge in [-0.3, -0.25) is 15.0 Å². The molecule has 0 bridgehead atoms. The molecule has 0 atom stereocenters. The predicted molar refractivity (Wildman–Crippen MR) is 98.9 cm³/mol. The number of benzene rings is 2. The van der Waals surface area contributed by atoms with Crippen molar-refractivity contribution in [2.45, 2.75) is 32.6 Å². The summed E-state index contributed by atoms with van der Waals surface area (Å²) in [6, 6.07) is 11.7. The zero-order valence-corrected chi connectivity index (χ0v) is 14.8. The lowest BCUT2D eigenvalue weighted by atomic mass is 10.1. The van der Waals surface area contributed by atoms with Gasteiger partial charge in [0.05, 0.1) is 0 Å². The normalized spacial score (nSPS) is 10.3. The third kappa shape index (κ3) is 5.51. The molecule has 6 nitrogen and oxygen atoms in total. The second-order valence-electron chi connectivity index (χ2n) is 6.05. The van der Waals surface area contributed by atoms with Crippen LogP contribution in [-0.4, -0.2) is 33.6 Å². The first-order valence-corrected chi connectivity index (χ1v) is 8.72. The number of hydrazine groups is 1. The lowest BCUT2D eigenvalue weighted by Crippen LogP contribution is -2.46. The molecule has 3 N–H and O–H groups in total. The quantitative estimate of drug-likeness (QED) is 0.523. The Hall–Kier alpha value is -3.02. The van der Waals surface area contributed by atoms with E-state index in [9.17, 15) is 19.8 Å². The summed E-state index contributed by atoms with van der Waals surface area (Å²) in [5, 5.41) is 20.0. The van der Waals surface area contributed by atoms with Crippen molar-refractivity contribution < 1.29 is 19.8 Å². The maximum atomic E-state index is 12.7. The van der Waals surface area contributed by atoms with E-state index in [-0.39, 0.29) is 17.4 Å². The molecule has 0 saturated heterocycles. The largest absolute Gasteiger partial charge is 0.508 e. The van der Waals surface area contributed by atoms with E-state index < -0.39 is 5.91 Å². The van der Waals surface area contributed by atoms with Crippen LogP contribution in [0.1, 0.15) is 53.3 Å². The highest BCUT2D eigenvalue weighted by Crippen LogP contribution is 2.13. The zero-order chi connectivity index (χ0) is 18.9. The van der Waals surface area contributed by atoms with Crippen LogP contribution < -0.4 is 5.43 Å². The molecule has 2 aromatic rings. The molecule has 2 rings (SSSR count). The van der Waals surface area contributed by atoms with Gasteiger partial charge in [-0.05, 0) is 55.0 Å². The van der Waals surface area contributed by atoms with Gasteiger partial charge < -0.3 is 10.2 Å². The highest BCUT2D eigenvalue weighted by atomic mass is 16.3. The minimum atomic E-state index is -0.424. The number of amides is 2. The summed E-state index contributed by atoms with van der Waals surface area (Å²) in [6.07, 6.45) is 3.87. The smallest absolute Gasteiger partial charge is 0.272 e. The van der Waals surface area contributed by atoms with E-state index in [1.807, 2.05) is 0 Å². The van der Waals surface area contributed by atoms with Crippen molar-refractivity contribution in [1.82, 2.24) is 10.4 Å². The van der Waals surface area contributed by atoms with Gasteiger partial charge in [-0.25, -0.2) is 5.01 Å². The molecule has 0 aromatic heterocycles.